The highest BCUT2D eigenvalue weighted by molar-refractivity contribution is 5.97. The second-order valence-corrected chi connectivity index (χ2v) is 5.22. The van der Waals surface area contributed by atoms with E-state index in [0.717, 1.165) is 29.9 Å². The van der Waals surface area contributed by atoms with Crippen molar-refractivity contribution in [2.45, 2.75) is 39.2 Å². The van der Waals surface area contributed by atoms with Gasteiger partial charge in [0.2, 0.25) is 0 Å². The van der Waals surface area contributed by atoms with Gasteiger partial charge in [-0.05, 0) is 24.3 Å². The van der Waals surface area contributed by atoms with Gasteiger partial charge in [0.15, 0.2) is 5.78 Å². The van der Waals surface area contributed by atoms with Gasteiger partial charge in [0.1, 0.15) is 0 Å². The van der Waals surface area contributed by atoms with Crippen LogP contribution in [0.1, 0.15) is 48.5 Å². The number of ketones is 1. The van der Waals surface area contributed by atoms with E-state index in [0.29, 0.717) is 12.3 Å². The van der Waals surface area contributed by atoms with E-state index in [9.17, 15) is 4.79 Å². The molecule has 0 saturated heterocycles. The molecule has 0 bridgehead atoms. The van der Waals surface area contributed by atoms with Crippen molar-refractivity contribution < 1.29 is 4.79 Å². The van der Waals surface area contributed by atoms with Crippen molar-refractivity contribution in [1.82, 2.24) is 0 Å². The Hall–Kier alpha value is -1.15. The Labute approximate surface area is 103 Å². The van der Waals surface area contributed by atoms with Crippen LogP contribution >= 0.6 is 0 Å². The molecule has 0 spiro atoms. The minimum atomic E-state index is 0.245. The number of Topliss-reactive ketones (excluding diaryl/α,β-unsaturated/α-hetero) is 1. The van der Waals surface area contributed by atoms with Crippen molar-refractivity contribution in [2.75, 3.05) is 0 Å². The maximum Gasteiger partial charge on any atom is 0.165 e. The topological polar surface area (TPSA) is 43.1 Å². The van der Waals surface area contributed by atoms with Crippen molar-refractivity contribution in [3.8, 4) is 0 Å². The molecule has 17 heavy (non-hydrogen) atoms. The van der Waals surface area contributed by atoms with Crippen molar-refractivity contribution >= 4 is 5.78 Å². The average Bonchev–Trinajstić information content (AvgIpc) is 2.39. The minimum Gasteiger partial charge on any atom is -0.326 e. The molecular formula is C15H21NO. The van der Waals surface area contributed by atoms with Crippen molar-refractivity contribution in [3.05, 3.63) is 35.4 Å². The minimum absolute atomic E-state index is 0.245. The molecule has 1 aromatic rings. The highest BCUT2D eigenvalue weighted by Crippen LogP contribution is 2.30. The molecule has 1 saturated carbocycles. The Morgan fingerprint density at radius 1 is 1.18 bits per heavy atom. The zero-order valence-corrected chi connectivity index (χ0v) is 10.5. The summed E-state index contributed by atoms with van der Waals surface area (Å²) in [6.45, 7) is 2.81. The van der Waals surface area contributed by atoms with Gasteiger partial charge >= 0.3 is 0 Å². The second kappa shape index (κ2) is 5.46. The van der Waals surface area contributed by atoms with Crippen LogP contribution < -0.4 is 5.73 Å². The summed E-state index contributed by atoms with van der Waals surface area (Å²) in [4.78, 5) is 12.3. The first-order valence-electron chi connectivity index (χ1n) is 6.54. The number of hydrogen-bond acceptors (Lipinski definition) is 2. The van der Waals surface area contributed by atoms with Gasteiger partial charge in [-0.15, -0.1) is 0 Å². The standard InChI is InChI=1S/C15H21NO/c1-11-2-6-13(7-3-11)15(17)14-8-4-12(10-16)5-9-14/h4-5,8-9,11,13H,2-3,6-7,10,16H2,1H3. The predicted octanol–water partition coefficient (Wildman–Crippen LogP) is 3.15. The first-order chi connectivity index (χ1) is 8.20. The fourth-order valence-corrected chi connectivity index (χ4v) is 2.56. The lowest BCUT2D eigenvalue weighted by Gasteiger charge is -2.25. The zero-order valence-electron chi connectivity index (χ0n) is 10.5. The van der Waals surface area contributed by atoms with Crippen LogP contribution in [0.2, 0.25) is 0 Å². The van der Waals surface area contributed by atoms with Crippen molar-refractivity contribution in [3.63, 3.8) is 0 Å². The Morgan fingerprint density at radius 2 is 1.76 bits per heavy atom. The SMILES string of the molecule is CC1CCC(C(=O)c2ccc(CN)cc2)CC1. The van der Waals surface area contributed by atoms with Gasteiger partial charge in [-0.2, -0.15) is 0 Å². The third-order valence-electron chi connectivity index (χ3n) is 3.86. The summed E-state index contributed by atoms with van der Waals surface area (Å²) in [6.07, 6.45) is 4.49. The van der Waals surface area contributed by atoms with Gasteiger partial charge < -0.3 is 5.73 Å². The highest BCUT2D eigenvalue weighted by Gasteiger charge is 2.24. The van der Waals surface area contributed by atoms with Gasteiger partial charge in [-0.25, -0.2) is 0 Å². The molecule has 1 aliphatic carbocycles. The lowest BCUT2D eigenvalue weighted by Crippen LogP contribution is -2.21. The molecular weight excluding hydrogens is 210 g/mol. The quantitative estimate of drug-likeness (QED) is 0.812. The van der Waals surface area contributed by atoms with E-state index in [4.69, 9.17) is 5.73 Å². The molecule has 0 radical (unpaired) electrons. The summed E-state index contributed by atoms with van der Waals surface area (Å²) in [6, 6.07) is 7.75. The Morgan fingerprint density at radius 3 is 2.29 bits per heavy atom. The summed E-state index contributed by atoms with van der Waals surface area (Å²) < 4.78 is 0. The Balaban J connectivity index is 2.03. The van der Waals surface area contributed by atoms with Gasteiger partial charge in [0.05, 0.1) is 0 Å². The first-order valence-corrected chi connectivity index (χ1v) is 6.54. The van der Waals surface area contributed by atoms with E-state index in [1.165, 1.54) is 12.8 Å². The van der Waals surface area contributed by atoms with Crippen LogP contribution in [0.25, 0.3) is 0 Å². The van der Waals surface area contributed by atoms with E-state index in [-0.39, 0.29) is 5.92 Å². The van der Waals surface area contributed by atoms with Crippen LogP contribution in [0.4, 0.5) is 0 Å². The largest absolute Gasteiger partial charge is 0.326 e. The monoisotopic (exact) mass is 231 g/mol. The van der Waals surface area contributed by atoms with Gasteiger partial charge in [0, 0.05) is 18.0 Å². The molecule has 92 valence electrons. The molecule has 2 heteroatoms. The summed E-state index contributed by atoms with van der Waals surface area (Å²) in [5.74, 6) is 1.36. The molecule has 2 N–H and O–H groups in total. The van der Waals surface area contributed by atoms with Crippen LogP contribution in [0.15, 0.2) is 24.3 Å². The average molecular weight is 231 g/mol. The zero-order chi connectivity index (χ0) is 12.3. The number of hydrogen-bond donors (Lipinski definition) is 1. The first kappa shape index (κ1) is 12.3. The number of rotatable bonds is 3. The summed E-state index contributed by atoms with van der Waals surface area (Å²) in [5.41, 5.74) is 7.48. The molecule has 0 amide bonds. The second-order valence-electron chi connectivity index (χ2n) is 5.22. The molecule has 0 unspecified atom stereocenters. The maximum absolute atomic E-state index is 12.3. The van der Waals surface area contributed by atoms with E-state index >= 15 is 0 Å². The smallest absolute Gasteiger partial charge is 0.165 e. The molecule has 1 fully saturated rings. The molecule has 0 aliphatic heterocycles. The highest BCUT2D eigenvalue weighted by atomic mass is 16.1. The van der Waals surface area contributed by atoms with Crippen LogP contribution in [0.3, 0.4) is 0 Å². The van der Waals surface area contributed by atoms with Crippen LogP contribution in [0.5, 0.6) is 0 Å². The maximum atomic E-state index is 12.3. The normalized spacial score (nSPS) is 24.6. The molecule has 1 aliphatic rings. The van der Waals surface area contributed by atoms with Gasteiger partial charge in [-0.3, -0.25) is 4.79 Å². The fraction of sp³-hybridized carbons (Fsp3) is 0.533. The lowest BCUT2D eigenvalue weighted by molar-refractivity contribution is 0.0875. The fourth-order valence-electron chi connectivity index (χ4n) is 2.56. The van der Waals surface area contributed by atoms with Crippen LogP contribution in [0, 0.1) is 11.8 Å². The molecule has 0 atom stereocenters. The summed E-state index contributed by atoms with van der Waals surface area (Å²) in [5, 5.41) is 0. The number of carbonyl (C=O) groups excluding carboxylic acids is 1. The number of carbonyl (C=O) groups is 1. The van der Waals surface area contributed by atoms with Gasteiger partial charge in [-0.1, -0.05) is 44.0 Å². The molecule has 2 rings (SSSR count). The lowest BCUT2D eigenvalue weighted by atomic mass is 9.79. The van der Waals surface area contributed by atoms with Crippen LogP contribution in [-0.2, 0) is 6.54 Å². The number of benzene rings is 1. The summed E-state index contributed by atoms with van der Waals surface area (Å²) in [7, 11) is 0. The predicted molar refractivity (Wildman–Crippen MR) is 69.8 cm³/mol. The van der Waals surface area contributed by atoms with Crippen LogP contribution in [-0.4, -0.2) is 5.78 Å². The van der Waals surface area contributed by atoms with E-state index in [1.54, 1.807) is 0 Å². The molecule has 0 aromatic heterocycles. The number of nitrogens with two attached hydrogens (primary N) is 1. The van der Waals surface area contributed by atoms with Crippen molar-refractivity contribution in [2.24, 2.45) is 17.6 Å². The molecule has 2 nitrogen and oxygen atoms in total. The third kappa shape index (κ3) is 2.95. The van der Waals surface area contributed by atoms with E-state index in [2.05, 4.69) is 6.92 Å². The van der Waals surface area contributed by atoms with Gasteiger partial charge in [0.25, 0.3) is 0 Å². The Bertz CT molecular complexity index is 374. The van der Waals surface area contributed by atoms with E-state index in [1.807, 2.05) is 24.3 Å². The summed E-state index contributed by atoms with van der Waals surface area (Å²) >= 11 is 0. The third-order valence-corrected chi connectivity index (χ3v) is 3.86. The molecule has 0 heterocycles. The van der Waals surface area contributed by atoms with E-state index < -0.39 is 0 Å². The molecule has 1 aromatic carbocycles. The van der Waals surface area contributed by atoms with Crippen molar-refractivity contribution in [1.29, 1.82) is 0 Å². The Kier molecular flexibility index (Phi) is 3.95.